The van der Waals surface area contributed by atoms with Gasteiger partial charge in [0.15, 0.2) is 17.2 Å². The van der Waals surface area contributed by atoms with Crippen LogP contribution in [0.2, 0.25) is 0 Å². The zero-order valence-corrected chi connectivity index (χ0v) is 19.7. The zero-order chi connectivity index (χ0) is 26.0. The number of hydrogen-bond donors (Lipinski definition) is 2. The van der Waals surface area contributed by atoms with Crippen molar-refractivity contribution in [3.8, 4) is 5.75 Å². The van der Waals surface area contributed by atoms with Crippen molar-refractivity contribution in [3.05, 3.63) is 47.7 Å². The Balaban J connectivity index is 1.81. The molecular weight excluding hydrogens is 497 g/mol. The van der Waals surface area contributed by atoms with Crippen LogP contribution in [-0.2, 0) is 19.3 Å². The number of ether oxygens (including phenoxy) is 2. The molecule has 2 fully saturated rings. The van der Waals surface area contributed by atoms with Crippen molar-refractivity contribution < 1.29 is 40.4 Å². The minimum absolute atomic E-state index is 0.0131. The van der Waals surface area contributed by atoms with Gasteiger partial charge in [-0.15, -0.1) is 0 Å². The molecule has 0 bridgehead atoms. The van der Waals surface area contributed by atoms with E-state index in [1.165, 1.54) is 25.3 Å². The molecule has 35 heavy (non-hydrogen) atoms. The summed E-state index contributed by atoms with van der Waals surface area (Å²) in [6.45, 7) is 1.31. The van der Waals surface area contributed by atoms with Crippen LogP contribution in [0.4, 0.5) is 27.6 Å². The topological polar surface area (TPSA) is 101 Å². The first-order chi connectivity index (χ1) is 16.2. The van der Waals surface area contributed by atoms with Gasteiger partial charge in [0.2, 0.25) is 5.82 Å². The van der Waals surface area contributed by atoms with Crippen LogP contribution in [0.15, 0.2) is 35.5 Å². The fourth-order valence-electron chi connectivity index (χ4n) is 5.12. The van der Waals surface area contributed by atoms with E-state index in [2.05, 4.69) is 10.3 Å². The monoisotopic (exact) mass is 519 g/mol. The molecule has 1 aliphatic carbocycles. The van der Waals surface area contributed by atoms with Gasteiger partial charge in [0, 0.05) is 35.0 Å². The number of amides is 1. The number of fused-ring (bicyclic) bond motifs is 1. The number of nitrogens with one attached hydrogen (secondary N) is 2. The summed E-state index contributed by atoms with van der Waals surface area (Å²) >= 11 is 0. The number of hydrogen-bond acceptors (Lipinski definition) is 6. The van der Waals surface area contributed by atoms with E-state index in [0.717, 1.165) is 25.5 Å². The van der Waals surface area contributed by atoms with Crippen molar-refractivity contribution in [2.75, 3.05) is 18.7 Å². The minimum atomic E-state index is -4.85. The van der Waals surface area contributed by atoms with Gasteiger partial charge in [0.25, 0.3) is 5.91 Å². The van der Waals surface area contributed by atoms with Crippen molar-refractivity contribution in [3.63, 3.8) is 0 Å². The van der Waals surface area contributed by atoms with Gasteiger partial charge in [0.05, 0.1) is 16.8 Å². The number of rotatable bonds is 5. The highest BCUT2D eigenvalue weighted by Crippen LogP contribution is 2.71. The number of nitrogens with zero attached hydrogens (tertiary/aromatic N) is 1. The standard InChI is InChI=1S/C22H22F5N3O4S/c1-20-7-8-21(20,22(25,26)27)34-18(15(20)12-4-5-13(23)16(24)17(12)33-2)19(31)30-11-6-9-29-14(10-11)35(3,28)32/h4-6,9-10,15,18,28H,7-8H2,1-3H3,(H,29,30,31)/t15-,18+,20+,21+,35?/m0/s1. The van der Waals surface area contributed by atoms with Gasteiger partial charge in [0.1, 0.15) is 11.1 Å². The number of halogens is 5. The molecule has 2 aromatic rings. The lowest BCUT2D eigenvalue weighted by molar-refractivity contribution is -0.328. The van der Waals surface area contributed by atoms with Gasteiger partial charge < -0.3 is 14.8 Å². The molecule has 5 atom stereocenters. The van der Waals surface area contributed by atoms with E-state index >= 15 is 0 Å². The fraction of sp³-hybridized carbons (Fsp3) is 0.455. The Kier molecular flexibility index (Phi) is 5.87. The maximum absolute atomic E-state index is 14.5. The summed E-state index contributed by atoms with van der Waals surface area (Å²) in [5, 5.41) is 2.29. The van der Waals surface area contributed by atoms with Crippen molar-refractivity contribution in [1.29, 1.82) is 4.78 Å². The zero-order valence-electron chi connectivity index (χ0n) is 18.8. The molecule has 2 aliphatic rings. The molecule has 1 aliphatic heterocycles. The van der Waals surface area contributed by atoms with Gasteiger partial charge in [-0.1, -0.05) is 13.0 Å². The van der Waals surface area contributed by atoms with E-state index in [9.17, 15) is 31.0 Å². The Labute approximate surface area is 198 Å². The second-order valence-corrected chi connectivity index (χ2v) is 11.1. The number of anilines is 1. The smallest absolute Gasteiger partial charge is 0.418 e. The predicted molar refractivity (Wildman–Crippen MR) is 115 cm³/mol. The number of alkyl halides is 3. The van der Waals surface area contributed by atoms with E-state index in [1.54, 1.807) is 0 Å². The Morgan fingerprint density at radius 2 is 1.97 bits per heavy atom. The average molecular weight is 519 g/mol. The molecule has 1 aromatic heterocycles. The number of methoxy groups -OCH3 is 1. The molecule has 0 spiro atoms. The molecule has 1 aromatic carbocycles. The van der Waals surface area contributed by atoms with Crippen LogP contribution in [0, 0.1) is 21.8 Å². The molecule has 1 amide bonds. The predicted octanol–water partition coefficient (Wildman–Crippen LogP) is 4.63. The van der Waals surface area contributed by atoms with Crippen molar-refractivity contribution in [1.82, 2.24) is 4.98 Å². The number of carbonyl (C=O) groups is 1. The molecule has 1 unspecified atom stereocenters. The minimum Gasteiger partial charge on any atom is -0.493 e. The Morgan fingerprint density at radius 1 is 1.29 bits per heavy atom. The summed E-state index contributed by atoms with van der Waals surface area (Å²) in [6.07, 6.45) is -4.67. The molecule has 13 heteroatoms. The SMILES string of the molecule is COc1c([C@H]2[C@H](C(=O)Nc3ccnc(S(C)(=N)=O)c3)O[C@]3(C(F)(F)F)CC[C@]23C)ccc(F)c1F. The quantitative estimate of drug-likeness (QED) is 0.562. The number of pyridine rings is 1. The lowest BCUT2D eigenvalue weighted by atomic mass is 9.51. The summed E-state index contributed by atoms with van der Waals surface area (Å²) in [5.74, 6) is -5.56. The summed E-state index contributed by atoms with van der Waals surface area (Å²) in [4.78, 5) is 17.1. The Morgan fingerprint density at radius 3 is 2.51 bits per heavy atom. The van der Waals surface area contributed by atoms with Gasteiger partial charge in [-0.05, 0) is 31.0 Å². The third kappa shape index (κ3) is 3.75. The molecule has 1 saturated heterocycles. The summed E-state index contributed by atoms with van der Waals surface area (Å²) < 4.78 is 101. The van der Waals surface area contributed by atoms with Gasteiger partial charge in [-0.3, -0.25) is 4.79 Å². The normalized spacial score (nSPS) is 29.6. The molecular formula is C22H22F5N3O4S. The van der Waals surface area contributed by atoms with E-state index in [1.807, 2.05) is 0 Å². The Hall–Kier alpha value is -2.80. The first-order valence-corrected chi connectivity index (χ1v) is 12.4. The van der Waals surface area contributed by atoms with Crippen LogP contribution in [0.5, 0.6) is 5.75 Å². The molecule has 1 saturated carbocycles. The van der Waals surface area contributed by atoms with E-state index < -0.39 is 68.7 Å². The molecule has 7 nitrogen and oxygen atoms in total. The van der Waals surface area contributed by atoms with E-state index in [0.29, 0.717) is 0 Å². The molecule has 4 rings (SSSR count). The lowest BCUT2D eigenvalue weighted by Gasteiger charge is -2.54. The van der Waals surface area contributed by atoms with Gasteiger partial charge in [-0.25, -0.2) is 18.4 Å². The molecule has 0 radical (unpaired) electrons. The highest BCUT2D eigenvalue weighted by Gasteiger charge is 2.80. The first-order valence-electron chi connectivity index (χ1n) is 10.4. The summed E-state index contributed by atoms with van der Waals surface area (Å²) in [5.41, 5.74) is -4.44. The molecule has 2 heterocycles. The molecule has 2 N–H and O–H groups in total. The van der Waals surface area contributed by atoms with E-state index in [-0.39, 0.29) is 22.7 Å². The Bertz CT molecular complexity index is 1300. The summed E-state index contributed by atoms with van der Waals surface area (Å²) in [6, 6.07) is 4.34. The van der Waals surface area contributed by atoms with Crippen LogP contribution in [0.25, 0.3) is 0 Å². The second kappa shape index (κ2) is 8.12. The highest BCUT2D eigenvalue weighted by atomic mass is 32.2. The van der Waals surface area contributed by atoms with Crippen molar-refractivity contribution in [2.24, 2.45) is 5.41 Å². The second-order valence-electron chi connectivity index (χ2n) is 8.96. The average Bonchev–Trinajstić information content (AvgIpc) is 2.94. The van der Waals surface area contributed by atoms with Crippen molar-refractivity contribution >= 4 is 21.3 Å². The van der Waals surface area contributed by atoms with Crippen LogP contribution in [0.1, 0.15) is 31.2 Å². The molecule has 190 valence electrons. The first kappa shape index (κ1) is 25.3. The summed E-state index contributed by atoms with van der Waals surface area (Å²) in [7, 11) is -2.18. The number of carbonyl (C=O) groups excluding carboxylic acids is 1. The fourth-order valence-corrected chi connectivity index (χ4v) is 5.74. The van der Waals surface area contributed by atoms with Gasteiger partial charge in [-0.2, -0.15) is 17.6 Å². The lowest BCUT2D eigenvalue weighted by Crippen LogP contribution is -2.63. The van der Waals surface area contributed by atoms with Crippen LogP contribution in [0.3, 0.4) is 0 Å². The maximum atomic E-state index is 14.5. The van der Waals surface area contributed by atoms with Crippen molar-refractivity contribution in [2.45, 2.75) is 48.6 Å². The van der Waals surface area contributed by atoms with Crippen LogP contribution in [-0.4, -0.2) is 46.3 Å². The number of aromatic nitrogens is 1. The van der Waals surface area contributed by atoms with Crippen LogP contribution < -0.4 is 10.1 Å². The van der Waals surface area contributed by atoms with E-state index in [4.69, 9.17) is 14.3 Å². The number of benzene rings is 1. The maximum Gasteiger partial charge on any atom is 0.418 e. The third-order valence-electron chi connectivity index (χ3n) is 6.97. The largest absolute Gasteiger partial charge is 0.493 e. The van der Waals surface area contributed by atoms with Crippen LogP contribution >= 0.6 is 0 Å². The third-order valence-corrected chi connectivity index (χ3v) is 8.00. The van der Waals surface area contributed by atoms with Gasteiger partial charge >= 0.3 is 6.18 Å². The highest BCUT2D eigenvalue weighted by molar-refractivity contribution is 7.91.